The smallest absolute Gasteiger partial charge is 0.272 e. The molecule has 1 saturated carbocycles. The van der Waals surface area contributed by atoms with Gasteiger partial charge in [0.25, 0.3) is 11.8 Å². The van der Waals surface area contributed by atoms with E-state index in [4.69, 9.17) is 9.47 Å². The number of carbonyl (C=O) groups is 2. The number of pyridine rings is 1. The maximum atomic E-state index is 12.8. The predicted octanol–water partition coefficient (Wildman–Crippen LogP) is 1.73. The van der Waals surface area contributed by atoms with Crippen LogP contribution in [-0.4, -0.2) is 59.8 Å². The maximum Gasteiger partial charge on any atom is 0.272 e. The van der Waals surface area contributed by atoms with Gasteiger partial charge in [0.1, 0.15) is 11.4 Å². The van der Waals surface area contributed by atoms with Gasteiger partial charge in [-0.2, -0.15) is 0 Å². The van der Waals surface area contributed by atoms with Crippen molar-refractivity contribution in [3.05, 3.63) is 29.6 Å². The zero-order valence-corrected chi connectivity index (χ0v) is 14.9. The molecule has 3 aliphatic rings. The molecule has 3 fully saturated rings. The second-order valence-electron chi connectivity index (χ2n) is 7.26. The molecular weight excluding hydrogens is 334 g/mol. The fourth-order valence-corrected chi connectivity index (χ4v) is 4.01. The molecular formula is C19H25N3O4. The molecule has 0 atom stereocenters. The largest absolute Gasteiger partial charge is 0.348 e. The van der Waals surface area contributed by atoms with Crippen LogP contribution >= 0.6 is 0 Å². The van der Waals surface area contributed by atoms with Gasteiger partial charge in [0.05, 0.1) is 13.2 Å². The third kappa shape index (κ3) is 3.59. The van der Waals surface area contributed by atoms with Crippen molar-refractivity contribution in [2.45, 2.75) is 50.4 Å². The Morgan fingerprint density at radius 1 is 1.08 bits per heavy atom. The Labute approximate surface area is 153 Å². The first-order chi connectivity index (χ1) is 12.7. The van der Waals surface area contributed by atoms with Crippen LogP contribution in [0.3, 0.4) is 0 Å². The van der Waals surface area contributed by atoms with Crippen LogP contribution in [0.1, 0.15) is 59.5 Å². The molecule has 2 amide bonds. The first-order valence-corrected chi connectivity index (χ1v) is 9.50. The molecule has 0 aromatic carbocycles. The molecule has 26 heavy (non-hydrogen) atoms. The molecule has 0 unspecified atom stereocenters. The Kier molecular flexibility index (Phi) is 4.91. The Bertz CT molecular complexity index is 671. The van der Waals surface area contributed by atoms with Crippen molar-refractivity contribution in [2.75, 3.05) is 26.3 Å². The molecule has 0 radical (unpaired) electrons. The highest BCUT2D eigenvalue weighted by molar-refractivity contribution is 5.96. The van der Waals surface area contributed by atoms with E-state index < -0.39 is 5.79 Å². The van der Waals surface area contributed by atoms with E-state index in [0.29, 0.717) is 50.5 Å². The first kappa shape index (κ1) is 17.4. The van der Waals surface area contributed by atoms with E-state index in [2.05, 4.69) is 10.3 Å². The average molecular weight is 359 g/mol. The monoisotopic (exact) mass is 359 g/mol. The van der Waals surface area contributed by atoms with E-state index in [1.54, 1.807) is 23.1 Å². The van der Waals surface area contributed by atoms with Crippen LogP contribution in [0.25, 0.3) is 0 Å². The van der Waals surface area contributed by atoms with Gasteiger partial charge in [-0.3, -0.25) is 9.59 Å². The molecule has 1 spiro atoms. The van der Waals surface area contributed by atoms with Crippen LogP contribution in [0, 0.1) is 0 Å². The summed E-state index contributed by atoms with van der Waals surface area (Å²) in [5.41, 5.74) is 0.618. The van der Waals surface area contributed by atoms with Crippen LogP contribution in [0.15, 0.2) is 18.2 Å². The van der Waals surface area contributed by atoms with Crippen molar-refractivity contribution >= 4 is 11.8 Å². The number of carbonyl (C=O) groups excluding carboxylic acids is 2. The Morgan fingerprint density at radius 2 is 1.73 bits per heavy atom. The number of nitrogens with zero attached hydrogens (tertiary/aromatic N) is 2. The number of amides is 2. The van der Waals surface area contributed by atoms with Crippen molar-refractivity contribution in [3.8, 4) is 0 Å². The van der Waals surface area contributed by atoms with Gasteiger partial charge in [0.15, 0.2) is 5.79 Å². The van der Waals surface area contributed by atoms with E-state index in [-0.39, 0.29) is 17.9 Å². The first-order valence-electron chi connectivity index (χ1n) is 9.50. The minimum Gasteiger partial charge on any atom is -0.348 e. The van der Waals surface area contributed by atoms with Gasteiger partial charge >= 0.3 is 0 Å². The summed E-state index contributed by atoms with van der Waals surface area (Å²) in [6.45, 7) is 2.37. The zero-order valence-electron chi connectivity index (χ0n) is 14.9. The second-order valence-corrected chi connectivity index (χ2v) is 7.26. The number of piperidine rings is 1. The summed E-state index contributed by atoms with van der Waals surface area (Å²) in [4.78, 5) is 31.2. The molecule has 140 valence electrons. The van der Waals surface area contributed by atoms with Crippen LogP contribution in [0.4, 0.5) is 0 Å². The topological polar surface area (TPSA) is 80.8 Å². The van der Waals surface area contributed by atoms with Gasteiger partial charge in [-0.05, 0) is 25.0 Å². The number of hydrogen-bond donors (Lipinski definition) is 1. The van der Waals surface area contributed by atoms with Crippen molar-refractivity contribution in [1.29, 1.82) is 0 Å². The molecule has 2 saturated heterocycles. The molecule has 7 heteroatoms. The van der Waals surface area contributed by atoms with E-state index in [1.165, 1.54) is 0 Å². The van der Waals surface area contributed by atoms with Gasteiger partial charge < -0.3 is 19.7 Å². The van der Waals surface area contributed by atoms with Gasteiger partial charge in [-0.1, -0.05) is 18.9 Å². The lowest BCUT2D eigenvalue weighted by atomic mass is 10.0. The lowest BCUT2D eigenvalue weighted by molar-refractivity contribution is -0.181. The minimum atomic E-state index is -0.507. The molecule has 2 aliphatic heterocycles. The number of ether oxygens (including phenoxy) is 2. The quantitative estimate of drug-likeness (QED) is 0.889. The highest BCUT2D eigenvalue weighted by Crippen LogP contribution is 2.31. The summed E-state index contributed by atoms with van der Waals surface area (Å²) < 4.78 is 11.4. The maximum absolute atomic E-state index is 12.8. The van der Waals surface area contributed by atoms with Gasteiger partial charge in [-0.25, -0.2) is 4.98 Å². The Hall–Kier alpha value is -1.99. The standard InChI is InChI=1S/C19H25N3O4/c23-17(20-14-4-1-2-5-14)15-6-3-7-16(21-15)18(24)22-10-8-19(9-11-22)25-12-13-26-19/h3,6-7,14H,1-2,4-5,8-13H2,(H,20,23). The van der Waals surface area contributed by atoms with E-state index >= 15 is 0 Å². The average Bonchev–Trinajstić information content (AvgIpc) is 3.34. The highest BCUT2D eigenvalue weighted by atomic mass is 16.7. The molecule has 0 bridgehead atoms. The summed E-state index contributed by atoms with van der Waals surface area (Å²) in [5.74, 6) is -0.849. The minimum absolute atomic E-state index is 0.145. The summed E-state index contributed by atoms with van der Waals surface area (Å²) in [7, 11) is 0. The summed E-state index contributed by atoms with van der Waals surface area (Å²) in [6.07, 6.45) is 5.68. The molecule has 3 heterocycles. The number of nitrogens with one attached hydrogen (secondary N) is 1. The Morgan fingerprint density at radius 3 is 2.42 bits per heavy atom. The number of rotatable bonds is 3. The van der Waals surface area contributed by atoms with Crippen molar-refractivity contribution in [1.82, 2.24) is 15.2 Å². The normalized spacial score (nSPS) is 22.7. The number of aromatic nitrogens is 1. The molecule has 1 aliphatic carbocycles. The van der Waals surface area contributed by atoms with E-state index in [0.717, 1.165) is 25.7 Å². The highest BCUT2D eigenvalue weighted by Gasteiger charge is 2.41. The fourth-order valence-electron chi connectivity index (χ4n) is 4.01. The molecule has 1 aromatic rings. The lowest BCUT2D eigenvalue weighted by Crippen LogP contribution is -2.47. The van der Waals surface area contributed by atoms with Gasteiger partial charge in [0.2, 0.25) is 0 Å². The zero-order chi connectivity index (χ0) is 18.0. The summed E-state index contributed by atoms with van der Waals surface area (Å²) >= 11 is 0. The molecule has 4 rings (SSSR count). The van der Waals surface area contributed by atoms with E-state index in [9.17, 15) is 9.59 Å². The van der Waals surface area contributed by atoms with Crippen molar-refractivity contribution < 1.29 is 19.1 Å². The van der Waals surface area contributed by atoms with Crippen molar-refractivity contribution in [3.63, 3.8) is 0 Å². The van der Waals surface area contributed by atoms with Crippen LogP contribution in [0.5, 0.6) is 0 Å². The molecule has 1 N–H and O–H groups in total. The van der Waals surface area contributed by atoms with Crippen LogP contribution < -0.4 is 5.32 Å². The van der Waals surface area contributed by atoms with Crippen molar-refractivity contribution in [2.24, 2.45) is 0 Å². The molecule has 7 nitrogen and oxygen atoms in total. The number of hydrogen-bond acceptors (Lipinski definition) is 5. The summed E-state index contributed by atoms with van der Waals surface area (Å²) in [5, 5.41) is 3.01. The Balaban J connectivity index is 1.39. The lowest BCUT2D eigenvalue weighted by Gasteiger charge is -2.37. The van der Waals surface area contributed by atoms with Gasteiger partial charge in [-0.15, -0.1) is 0 Å². The third-order valence-electron chi connectivity index (χ3n) is 5.52. The van der Waals surface area contributed by atoms with E-state index in [1.807, 2.05) is 0 Å². The van der Waals surface area contributed by atoms with Gasteiger partial charge in [0, 0.05) is 32.0 Å². The van der Waals surface area contributed by atoms with Crippen LogP contribution in [-0.2, 0) is 9.47 Å². The fraction of sp³-hybridized carbons (Fsp3) is 0.632. The summed E-state index contributed by atoms with van der Waals surface area (Å²) in [6, 6.07) is 5.28. The molecule has 1 aromatic heterocycles. The third-order valence-corrected chi connectivity index (χ3v) is 5.52. The SMILES string of the molecule is O=C(NC1CCCC1)c1cccc(C(=O)N2CCC3(CC2)OCCO3)n1. The van der Waals surface area contributed by atoms with Crippen LogP contribution in [0.2, 0.25) is 0 Å². The second kappa shape index (κ2) is 7.32. The predicted molar refractivity (Wildman–Crippen MR) is 93.7 cm³/mol. The number of likely N-dealkylation sites (tertiary alicyclic amines) is 1.